The number of carbonyl (C=O) groups is 3. The van der Waals surface area contributed by atoms with Gasteiger partial charge in [-0.2, -0.15) is 9.67 Å². The maximum atomic E-state index is 13.7. The molecule has 0 bridgehead atoms. The fraction of sp³-hybridized carbons (Fsp3) is 0.309. The summed E-state index contributed by atoms with van der Waals surface area (Å²) in [7, 11) is 1.59. The van der Waals surface area contributed by atoms with Crippen molar-refractivity contribution >= 4 is 82.9 Å². The van der Waals surface area contributed by atoms with E-state index >= 15 is 0 Å². The zero-order valence-corrected chi connectivity index (χ0v) is 42.0. The number of phenolic OH excluding ortho intramolecular Hbond substituents is 2. The Kier molecular flexibility index (Phi) is 13.0. The van der Waals surface area contributed by atoms with Crippen LogP contribution in [0.5, 0.6) is 11.5 Å². The number of aromatic amines is 2. The largest absolute Gasteiger partial charge is 0.508 e. The number of benzene rings is 4. The maximum Gasteiger partial charge on any atom is 0.245 e. The summed E-state index contributed by atoms with van der Waals surface area (Å²) in [4.78, 5) is 49.0. The van der Waals surface area contributed by atoms with Crippen molar-refractivity contribution in [3.63, 3.8) is 0 Å². The van der Waals surface area contributed by atoms with Crippen molar-refractivity contribution in [1.29, 1.82) is 0 Å². The molecule has 374 valence electrons. The van der Waals surface area contributed by atoms with E-state index in [9.17, 15) is 24.6 Å². The van der Waals surface area contributed by atoms with E-state index in [1.165, 1.54) is 20.7 Å². The van der Waals surface area contributed by atoms with Crippen LogP contribution >= 0.6 is 0 Å². The van der Waals surface area contributed by atoms with Crippen LogP contribution < -0.4 is 20.2 Å². The fourth-order valence-electron chi connectivity index (χ4n) is 10.5. The van der Waals surface area contributed by atoms with E-state index in [2.05, 4.69) is 98.2 Å². The number of fused-ring (bicyclic) bond motifs is 8. The van der Waals surface area contributed by atoms with Gasteiger partial charge in [0.05, 0.1) is 42.1 Å². The highest BCUT2D eigenvalue weighted by Crippen LogP contribution is 2.38. The van der Waals surface area contributed by atoms with Gasteiger partial charge in [0.25, 0.3) is 0 Å². The molecular weight excluding hydrogens is 923 g/mol. The lowest BCUT2D eigenvalue weighted by atomic mass is 9.97. The number of primary amides is 1. The van der Waals surface area contributed by atoms with Gasteiger partial charge in [0.15, 0.2) is 37.9 Å². The average molecular weight is 984 g/mol. The SMILES string of the molecule is Cc1c2cc[n+](Cc3cnn(CCCNCC(=O)N(C)C(C)C(=O)N(CCCn4cc(C[n+]5ccc6c(C)c7[nH]c8ccc(O)cc8c7c(C)c6c5)nn4)CC(N)=O)c3)cc2c(C)c2c1[nH]c1ccc(O)cc12. The minimum absolute atomic E-state index is 0.0442. The van der Waals surface area contributed by atoms with Crippen molar-refractivity contribution in [3.05, 3.63) is 125 Å². The summed E-state index contributed by atoms with van der Waals surface area (Å²) >= 11 is 0. The third-order valence-electron chi connectivity index (χ3n) is 14.5. The summed E-state index contributed by atoms with van der Waals surface area (Å²) in [5.74, 6) is -0.794. The molecule has 73 heavy (non-hydrogen) atoms. The van der Waals surface area contributed by atoms with Crippen LogP contribution in [0.3, 0.4) is 0 Å². The van der Waals surface area contributed by atoms with Gasteiger partial charge < -0.3 is 41.0 Å². The van der Waals surface area contributed by atoms with Crippen LogP contribution in [0.25, 0.3) is 65.2 Å². The lowest BCUT2D eigenvalue weighted by molar-refractivity contribution is -0.687. The Morgan fingerprint density at radius 3 is 1.95 bits per heavy atom. The minimum Gasteiger partial charge on any atom is -0.508 e. The third kappa shape index (κ3) is 9.48. The molecule has 0 aliphatic heterocycles. The molecule has 0 aliphatic carbocycles. The van der Waals surface area contributed by atoms with Gasteiger partial charge in [-0.1, -0.05) is 5.21 Å². The Labute approximate surface area is 420 Å². The van der Waals surface area contributed by atoms with Crippen molar-refractivity contribution in [2.24, 2.45) is 5.73 Å². The van der Waals surface area contributed by atoms with E-state index in [1.54, 1.807) is 36.9 Å². The van der Waals surface area contributed by atoms with Crippen LogP contribution in [0.2, 0.25) is 0 Å². The third-order valence-corrected chi connectivity index (χ3v) is 14.5. The lowest BCUT2D eigenvalue weighted by Gasteiger charge is -2.30. The molecule has 7 N–H and O–H groups in total. The molecular formula is C55H61N13O5+2. The van der Waals surface area contributed by atoms with Gasteiger partial charge in [0.2, 0.25) is 17.7 Å². The fourth-order valence-corrected chi connectivity index (χ4v) is 10.5. The molecule has 0 fully saturated rings. The van der Waals surface area contributed by atoms with Crippen LogP contribution in [0.4, 0.5) is 0 Å². The van der Waals surface area contributed by atoms with Crippen molar-refractivity contribution in [1.82, 2.24) is 49.9 Å². The highest BCUT2D eigenvalue weighted by Gasteiger charge is 2.28. The van der Waals surface area contributed by atoms with Gasteiger partial charge in [-0.05, 0) is 123 Å². The van der Waals surface area contributed by atoms with Crippen molar-refractivity contribution in [2.75, 3.05) is 33.2 Å². The first-order valence-electron chi connectivity index (χ1n) is 24.7. The molecule has 6 heterocycles. The number of hydrogen-bond donors (Lipinski definition) is 6. The summed E-state index contributed by atoms with van der Waals surface area (Å²) in [6.45, 7) is 12.9. The van der Waals surface area contributed by atoms with E-state index < -0.39 is 11.9 Å². The minimum atomic E-state index is -0.822. The molecule has 0 saturated carbocycles. The first kappa shape index (κ1) is 48.3. The van der Waals surface area contributed by atoms with Gasteiger partial charge in [-0.25, -0.2) is 4.57 Å². The van der Waals surface area contributed by atoms with E-state index in [1.807, 2.05) is 47.7 Å². The van der Waals surface area contributed by atoms with Crippen molar-refractivity contribution < 1.29 is 33.7 Å². The Balaban J connectivity index is 0.685. The summed E-state index contributed by atoms with van der Waals surface area (Å²) in [6, 6.07) is 14.3. The number of pyridine rings is 2. The zero-order chi connectivity index (χ0) is 51.2. The van der Waals surface area contributed by atoms with Crippen LogP contribution in [0.15, 0.2) is 91.9 Å². The number of likely N-dealkylation sites (N-methyl/N-ethyl adjacent to an activating group) is 1. The topological polar surface area (TPSA) is 224 Å². The summed E-state index contributed by atoms with van der Waals surface area (Å²) < 4.78 is 7.87. The van der Waals surface area contributed by atoms with Crippen LogP contribution in [0.1, 0.15) is 53.3 Å². The first-order valence-corrected chi connectivity index (χ1v) is 24.7. The number of hydrogen-bond acceptors (Lipinski definition) is 9. The van der Waals surface area contributed by atoms with E-state index in [-0.39, 0.29) is 42.9 Å². The molecule has 18 heteroatoms. The smallest absolute Gasteiger partial charge is 0.245 e. The summed E-state index contributed by atoms with van der Waals surface area (Å²) in [5.41, 5.74) is 16.1. The number of nitrogens with two attached hydrogens (primary N) is 1. The van der Waals surface area contributed by atoms with E-state index in [0.29, 0.717) is 39.1 Å². The van der Waals surface area contributed by atoms with Crippen molar-refractivity contribution in [2.45, 2.75) is 79.7 Å². The Bertz CT molecular complexity index is 3790. The number of aromatic hydroxyl groups is 2. The molecule has 0 spiro atoms. The molecule has 3 amide bonds. The van der Waals surface area contributed by atoms with Crippen LogP contribution in [0, 0.1) is 27.7 Å². The second kappa shape index (κ2) is 19.7. The quantitative estimate of drug-likeness (QED) is 0.0465. The van der Waals surface area contributed by atoms with Gasteiger partial charge in [-0.3, -0.25) is 23.7 Å². The van der Waals surface area contributed by atoms with Crippen LogP contribution in [-0.2, 0) is 40.6 Å². The summed E-state index contributed by atoms with van der Waals surface area (Å²) in [5, 5.41) is 45.8. The lowest BCUT2D eigenvalue weighted by Crippen LogP contribution is -2.51. The number of nitrogens with zero attached hydrogens (tertiary/aromatic N) is 9. The molecule has 6 aromatic heterocycles. The molecule has 1 unspecified atom stereocenters. The van der Waals surface area contributed by atoms with Gasteiger partial charge in [-0.15, -0.1) is 5.10 Å². The number of aromatic nitrogens is 9. The molecule has 0 saturated heterocycles. The highest BCUT2D eigenvalue weighted by atomic mass is 16.3. The molecule has 0 radical (unpaired) electrons. The number of H-pyrrole nitrogens is 2. The zero-order valence-electron chi connectivity index (χ0n) is 42.0. The molecule has 4 aromatic carbocycles. The van der Waals surface area contributed by atoms with Crippen LogP contribution in [-0.4, -0.2) is 112 Å². The number of amides is 3. The maximum absolute atomic E-state index is 13.7. The number of phenols is 2. The molecule has 1 atom stereocenters. The number of nitrogens with one attached hydrogen (secondary N) is 3. The monoisotopic (exact) mass is 983 g/mol. The first-order chi connectivity index (χ1) is 35.1. The predicted octanol–water partition coefficient (Wildman–Crippen LogP) is 5.60. The Morgan fingerprint density at radius 1 is 0.753 bits per heavy atom. The normalized spacial score (nSPS) is 12.3. The molecule has 10 rings (SSSR count). The second-order valence-corrected chi connectivity index (χ2v) is 19.5. The number of rotatable bonds is 18. The molecule has 0 aliphatic rings. The standard InChI is InChI=1S/C55H59N13O5/c1-32-45-29-64(19-13-41(45)34(3)53-51(32)43-21-39(69)9-11-47(43)59-53)25-37-23-58-67(26-37)17-7-15-57-24-50(72)63(6)36(5)55(73)66(31-49(56)71)16-8-18-68-28-38(61-62-68)27-65-20-14-42-35(4)54-52(33(2)46(42)30-65)44-22-40(70)10-12-48(44)60-54/h9-14,19-23,26,28-30,36,57H,7-8,15-18,24-25,27,31H2,1-6H3,(H4,56,69,70,71)/p+2. The van der Waals surface area contributed by atoms with Crippen molar-refractivity contribution in [3.8, 4) is 11.5 Å². The Hall–Kier alpha value is -8.38. The number of carbonyl (C=O) groups excluding carboxylic acids is 3. The highest BCUT2D eigenvalue weighted by molar-refractivity contribution is 6.17. The van der Waals surface area contributed by atoms with Gasteiger partial charge >= 0.3 is 0 Å². The number of aryl methyl sites for hydroxylation is 6. The molecule has 10 aromatic rings. The second-order valence-electron chi connectivity index (χ2n) is 19.5. The van der Waals surface area contributed by atoms with Gasteiger partial charge in [0, 0.05) is 88.4 Å². The van der Waals surface area contributed by atoms with Gasteiger partial charge in [0.1, 0.15) is 23.2 Å². The molecule has 18 nitrogen and oxygen atoms in total. The summed E-state index contributed by atoms with van der Waals surface area (Å²) in [6.07, 6.45) is 15.4. The van der Waals surface area contributed by atoms with E-state index in [0.717, 1.165) is 94.1 Å². The Morgan fingerprint density at radius 2 is 1.34 bits per heavy atom. The van der Waals surface area contributed by atoms with E-state index in [4.69, 9.17) is 5.73 Å². The average Bonchev–Trinajstić information content (AvgIpc) is 4.19. The predicted molar refractivity (Wildman–Crippen MR) is 280 cm³/mol.